The Balaban J connectivity index is 2.10. The lowest BCUT2D eigenvalue weighted by Crippen LogP contribution is -2.35. The number of rotatable bonds is 8. The van der Waals surface area contributed by atoms with E-state index in [0.29, 0.717) is 11.3 Å². The molecule has 2 N–H and O–H groups in total. The summed E-state index contributed by atoms with van der Waals surface area (Å²) in [4.78, 5) is 11.6. The van der Waals surface area contributed by atoms with Crippen LogP contribution in [-0.4, -0.2) is 38.4 Å². The molecule has 0 aliphatic carbocycles. The number of thiol groups is 1. The molecule has 0 aliphatic heterocycles. The SMILES string of the molecule is COc1ccc(S(=O)(=O)NCC(S)C(C(=O)O)c2ccccc2)cc1. The van der Waals surface area contributed by atoms with E-state index in [0.717, 1.165) is 0 Å². The van der Waals surface area contributed by atoms with Gasteiger partial charge in [0.25, 0.3) is 0 Å². The Hall–Kier alpha value is -2.03. The number of aliphatic carboxylic acids is 1. The first-order chi connectivity index (χ1) is 11.8. The molecule has 0 saturated heterocycles. The zero-order valence-corrected chi connectivity index (χ0v) is 15.2. The first kappa shape index (κ1) is 19.3. The second-order valence-corrected chi connectivity index (χ2v) is 7.75. The minimum absolute atomic E-state index is 0.0698. The average Bonchev–Trinajstić information content (AvgIpc) is 2.61. The van der Waals surface area contributed by atoms with Crippen LogP contribution in [0.25, 0.3) is 0 Å². The van der Waals surface area contributed by atoms with Crippen LogP contribution in [0.2, 0.25) is 0 Å². The highest BCUT2D eigenvalue weighted by atomic mass is 32.2. The Kier molecular flexibility index (Phi) is 6.46. The highest BCUT2D eigenvalue weighted by Crippen LogP contribution is 2.24. The Bertz CT molecular complexity index is 807. The van der Waals surface area contributed by atoms with Gasteiger partial charge in [0.1, 0.15) is 5.75 Å². The quantitative estimate of drug-likeness (QED) is 0.609. The average molecular weight is 381 g/mol. The number of carboxylic acids is 1. The number of ether oxygens (including phenoxy) is 1. The van der Waals surface area contributed by atoms with E-state index < -0.39 is 27.2 Å². The van der Waals surface area contributed by atoms with Crippen molar-refractivity contribution in [3.8, 4) is 5.75 Å². The van der Waals surface area contributed by atoms with Gasteiger partial charge in [0, 0.05) is 11.8 Å². The lowest BCUT2D eigenvalue weighted by molar-refractivity contribution is -0.138. The molecule has 6 nitrogen and oxygen atoms in total. The van der Waals surface area contributed by atoms with Gasteiger partial charge in [0.15, 0.2) is 0 Å². The molecule has 0 saturated carbocycles. The van der Waals surface area contributed by atoms with Crippen molar-refractivity contribution in [1.29, 1.82) is 0 Å². The van der Waals surface area contributed by atoms with Crippen LogP contribution in [0.3, 0.4) is 0 Å². The van der Waals surface area contributed by atoms with Crippen molar-refractivity contribution < 1.29 is 23.1 Å². The lowest BCUT2D eigenvalue weighted by atomic mass is 9.95. The van der Waals surface area contributed by atoms with Gasteiger partial charge in [0.05, 0.1) is 17.9 Å². The van der Waals surface area contributed by atoms with Crippen LogP contribution in [0.15, 0.2) is 59.5 Å². The molecule has 2 atom stereocenters. The van der Waals surface area contributed by atoms with E-state index in [1.807, 2.05) is 0 Å². The fourth-order valence-electron chi connectivity index (χ4n) is 2.34. The molecule has 8 heteroatoms. The third-order valence-electron chi connectivity index (χ3n) is 3.66. The maximum absolute atomic E-state index is 12.3. The predicted molar refractivity (Wildman–Crippen MR) is 97.8 cm³/mol. The van der Waals surface area contributed by atoms with Crippen LogP contribution in [0.5, 0.6) is 5.75 Å². The summed E-state index contributed by atoms with van der Waals surface area (Å²) in [6.07, 6.45) is 0. The Morgan fingerprint density at radius 1 is 1.16 bits per heavy atom. The molecule has 0 heterocycles. The summed E-state index contributed by atoms with van der Waals surface area (Å²) in [5, 5.41) is 8.73. The molecular formula is C17H19NO5S2. The number of methoxy groups -OCH3 is 1. The topological polar surface area (TPSA) is 92.7 Å². The van der Waals surface area contributed by atoms with Crippen LogP contribution < -0.4 is 9.46 Å². The number of hydrogen-bond donors (Lipinski definition) is 3. The van der Waals surface area contributed by atoms with Crippen LogP contribution >= 0.6 is 12.6 Å². The van der Waals surface area contributed by atoms with E-state index in [-0.39, 0.29) is 11.4 Å². The number of carboxylic acid groups (broad SMARTS) is 1. The summed E-state index contributed by atoms with van der Waals surface area (Å²) in [6, 6.07) is 14.5. The molecule has 2 aromatic rings. The number of nitrogens with one attached hydrogen (secondary N) is 1. The second-order valence-electron chi connectivity index (χ2n) is 5.32. The van der Waals surface area contributed by atoms with Gasteiger partial charge in [-0.25, -0.2) is 13.1 Å². The van der Waals surface area contributed by atoms with Crippen LogP contribution in [0.1, 0.15) is 11.5 Å². The first-order valence-electron chi connectivity index (χ1n) is 7.44. The molecule has 0 aliphatic rings. The van der Waals surface area contributed by atoms with Gasteiger partial charge in [-0.15, -0.1) is 0 Å². The van der Waals surface area contributed by atoms with Gasteiger partial charge in [-0.05, 0) is 29.8 Å². The van der Waals surface area contributed by atoms with Gasteiger partial charge in [-0.2, -0.15) is 12.6 Å². The first-order valence-corrected chi connectivity index (χ1v) is 9.44. The second kappa shape index (κ2) is 8.37. The molecular weight excluding hydrogens is 362 g/mol. The Morgan fingerprint density at radius 2 is 1.76 bits per heavy atom. The molecule has 0 fully saturated rings. The van der Waals surface area contributed by atoms with Crippen molar-refractivity contribution in [2.24, 2.45) is 0 Å². The monoisotopic (exact) mass is 381 g/mol. The summed E-state index contributed by atoms with van der Waals surface area (Å²) in [6.45, 7) is -0.122. The number of sulfonamides is 1. The highest BCUT2D eigenvalue weighted by molar-refractivity contribution is 7.89. The van der Waals surface area contributed by atoms with Crippen molar-refractivity contribution in [2.75, 3.05) is 13.7 Å². The van der Waals surface area contributed by atoms with Crippen molar-refractivity contribution in [3.05, 3.63) is 60.2 Å². The standard InChI is InChI=1S/C17H19NO5S2/c1-23-13-7-9-14(10-8-13)25(21,22)18-11-15(24)16(17(19)20)12-5-3-2-4-6-12/h2-10,15-16,18,24H,11H2,1H3,(H,19,20). The summed E-state index contributed by atoms with van der Waals surface area (Å²) in [5.74, 6) is -1.45. The third-order valence-corrected chi connectivity index (χ3v) is 5.58. The van der Waals surface area contributed by atoms with Gasteiger partial charge in [0.2, 0.25) is 10.0 Å². The van der Waals surface area contributed by atoms with Gasteiger partial charge >= 0.3 is 5.97 Å². The summed E-state index contributed by atoms with van der Waals surface area (Å²) < 4.78 is 32.1. The predicted octanol–water partition coefficient (Wildman–Crippen LogP) is 2.14. The van der Waals surface area contributed by atoms with E-state index >= 15 is 0 Å². The van der Waals surface area contributed by atoms with Crippen LogP contribution in [0, 0.1) is 0 Å². The smallest absolute Gasteiger partial charge is 0.312 e. The molecule has 2 unspecified atom stereocenters. The number of carbonyl (C=O) groups is 1. The number of hydrogen-bond acceptors (Lipinski definition) is 5. The molecule has 0 spiro atoms. The van der Waals surface area contributed by atoms with Crippen molar-refractivity contribution in [3.63, 3.8) is 0 Å². The molecule has 0 aromatic heterocycles. The largest absolute Gasteiger partial charge is 0.497 e. The van der Waals surface area contributed by atoms with Gasteiger partial charge in [-0.3, -0.25) is 4.79 Å². The summed E-state index contributed by atoms with van der Waals surface area (Å²) in [5.41, 5.74) is 0.568. The van der Waals surface area contributed by atoms with E-state index in [9.17, 15) is 18.3 Å². The molecule has 0 bridgehead atoms. The molecule has 25 heavy (non-hydrogen) atoms. The fourth-order valence-corrected chi connectivity index (χ4v) is 3.92. The summed E-state index contributed by atoms with van der Waals surface area (Å²) >= 11 is 4.30. The maximum Gasteiger partial charge on any atom is 0.312 e. The van der Waals surface area contributed by atoms with Gasteiger partial charge in [-0.1, -0.05) is 30.3 Å². The van der Waals surface area contributed by atoms with E-state index in [2.05, 4.69) is 17.4 Å². The molecule has 0 radical (unpaired) electrons. The van der Waals surface area contributed by atoms with Gasteiger partial charge < -0.3 is 9.84 Å². The zero-order valence-electron chi connectivity index (χ0n) is 13.5. The minimum atomic E-state index is -3.77. The maximum atomic E-state index is 12.3. The molecule has 2 aromatic carbocycles. The van der Waals surface area contributed by atoms with E-state index in [1.54, 1.807) is 30.3 Å². The molecule has 134 valence electrons. The summed E-state index contributed by atoms with van der Waals surface area (Å²) in [7, 11) is -2.28. The van der Waals surface area contributed by atoms with E-state index in [1.165, 1.54) is 31.4 Å². The van der Waals surface area contributed by atoms with Crippen molar-refractivity contribution >= 4 is 28.6 Å². The molecule has 2 rings (SSSR count). The minimum Gasteiger partial charge on any atom is -0.497 e. The molecule has 0 amide bonds. The lowest BCUT2D eigenvalue weighted by Gasteiger charge is -2.20. The van der Waals surface area contributed by atoms with Crippen molar-refractivity contribution in [2.45, 2.75) is 16.1 Å². The van der Waals surface area contributed by atoms with E-state index in [4.69, 9.17) is 4.74 Å². The fraction of sp³-hybridized carbons (Fsp3) is 0.235. The van der Waals surface area contributed by atoms with Crippen LogP contribution in [0.4, 0.5) is 0 Å². The van der Waals surface area contributed by atoms with Crippen LogP contribution in [-0.2, 0) is 14.8 Å². The number of benzene rings is 2. The Labute approximate surface area is 152 Å². The zero-order chi connectivity index (χ0) is 18.4. The third kappa shape index (κ3) is 4.97. The Morgan fingerprint density at radius 3 is 2.28 bits per heavy atom. The van der Waals surface area contributed by atoms with Crippen molar-refractivity contribution in [1.82, 2.24) is 4.72 Å². The normalized spacial score (nSPS) is 13.8. The highest BCUT2D eigenvalue weighted by Gasteiger charge is 2.28.